The van der Waals surface area contributed by atoms with Crippen molar-refractivity contribution < 1.29 is 9.72 Å². The van der Waals surface area contributed by atoms with Gasteiger partial charge >= 0.3 is 0 Å². The fraction of sp³-hybridized carbons (Fsp3) is 0.500. The van der Waals surface area contributed by atoms with Crippen molar-refractivity contribution in [3.63, 3.8) is 0 Å². The van der Waals surface area contributed by atoms with Gasteiger partial charge in [-0.25, -0.2) is 0 Å². The van der Waals surface area contributed by atoms with Crippen LogP contribution < -0.4 is 11.1 Å². The summed E-state index contributed by atoms with van der Waals surface area (Å²) in [6.45, 7) is 4.58. The molecular formula is C14H20N4O3. The Morgan fingerprint density at radius 2 is 2.14 bits per heavy atom. The molecule has 7 nitrogen and oxygen atoms in total. The molecule has 1 heterocycles. The van der Waals surface area contributed by atoms with Crippen LogP contribution in [0.2, 0.25) is 0 Å². The van der Waals surface area contributed by atoms with Crippen molar-refractivity contribution in [2.75, 3.05) is 25.4 Å². The Morgan fingerprint density at radius 1 is 1.48 bits per heavy atom. The topological polar surface area (TPSA) is 102 Å². The van der Waals surface area contributed by atoms with E-state index in [1.165, 1.54) is 31.0 Å². The van der Waals surface area contributed by atoms with Crippen LogP contribution in [0, 0.1) is 10.1 Å². The maximum atomic E-state index is 12.2. The van der Waals surface area contributed by atoms with Crippen LogP contribution in [0.1, 0.15) is 30.1 Å². The molecule has 1 atom stereocenters. The van der Waals surface area contributed by atoms with Crippen molar-refractivity contribution in [3.05, 3.63) is 33.9 Å². The molecule has 1 aromatic rings. The van der Waals surface area contributed by atoms with Crippen LogP contribution in [0.15, 0.2) is 18.2 Å². The van der Waals surface area contributed by atoms with Gasteiger partial charge in [0.2, 0.25) is 0 Å². The normalized spacial score (nSPS) is 16.6. The van der Waals surface area contributed by atoms with E-state index in [0.29, 0.717) is 12.2 Å². The van der Waals surface area contributed by atoms with Gasteiger partial charge < -0.3 is 11.1 Å². The molecule has 2 rings (SSSR count). The molecule has 0 aliphatic carbocycles. The van der Waals surface area contributed by atoms with Gasteiger partial charge in [-0.15, -0.1) is 0 Å². The lowest BCUT2D eigenvalue weighted by atomic mass is 10.1. The third-order valence-corrected chi connectivity index (χ3v) is 3.78. The molecule has 7 heteroatoms. The van der Waals surface area contributed by atoms with Crippen molar-refractivity contribution in [1.29, 1.82) is 0 Å². The van der Waals surface area contributed by atoms with Gasteiger partial charge in [-0.3, -0.25) is 19.8 Å². The number of nitro benzene ring substituents is 1. The predicted octanol–water partition coefficient (Wildman–Crippen LogP) is 1.39. The molecule has 0 spiro atoms. The van der Waals surface area contributed by atoms with E-state index in [-0.39, 0.29) is 17.3 Å². The second kappa shape index (κ2) is 6.53. The highest BCUT2D eigenvalue weighted by molar-refractivity contribution is 5.99. The zero-order valence-electron chi connectivity index (χ0n) is 12.0. The first-order valence-electron chi connectivity index (χ1n) is 7.05. The summed E-state index contributed by atoms with van der Waals surface area (Å²) in [4.78, 5) is 24.8. The maximum absolute atomic E-state index is 12.2. The molecule has 1 saturated heterocycles. The van der Waals surface area contributed by atoms with E-state index >= 15 is 0 Å². The molecule has 0 bridgehead atoms. The Balaban J connectivity index is 2.02. The molecular weight excluding hydrogens is 272 g/mol. The van der Waals surface area contributed by atoms with Crippen LogP contribution in [0.5, 0.6) is 0 Å². The van der Waals surface area contributed by atoms with Crippen LogP contribution in [0.25, 0.3) is 0 Å². The van der Waals surface area contributed by atoms with Crippen molar-refractivity contribution >= 4 is 17.3 Å². The minimum Gasteiger partial charge on any atom is -0.399 e. The number of nitrogens with one attached hydrogen (secondary N) is 1. The average Bonchev–Trinajstić information content (AvgIpc) is 2.98. The number of nitro groups is 1. The second-order valence-electron chi connectivity index (χ2n) is 5.34. The Kier molecular flexibility index (Phi) is 4.74. The molecule has 0 aromatic heterocycles. The van der Waals surface area contributed by atoms with Crippen molar-refractivity contribution in [2.45, 2.75) is 25.8 Å². The Labute approximate surface area is 123 Å². The molecule has 0 radical (unpaired) electrons. The lowest BCUT2D eigenvalue weighted by molar-refractivity contribution is -0.385. The number of nitrogens with zero attached hydrogens (tertiary/aromatic N) is 2. The molecule has 1 aliphatic rings. The smallest absolute Gasteiger partial charge is 0.282 e. The van der Waals surface area contributed by atoms with Gasteiger partial charge in [-0.05, 0) is 45.0 Å². The minimum atomic E-state index is -0.571. The molecule has 1 amide bonds. The monoisotopic (exact) mass is 292 g/mol. The number of anilines is 1. The molecule has 114 valence electrons. The van der Waals surface area contributed by atoms with Crippen LogP contribution in [-0.4, -0.2) is 41.4 Å². The summed E-state index contributed by atoms with van der Waals surface area (Å²) in [6, 6.07) is 4.24. The number of benzene rings is 1. The molecule has 1 unspecified atom stereocenters. The lowest BCUT2D eigenvalue weighted by Crippen LogP contribution is -2.40. The second-order valence-corrected chi connectivity index (χ2v) is 5.34. The molecule has 1 aromatic carbocycles. The van der Waals surface area contributed by atoms with E-state index < -0.39 is 10.8 Å². The number of hydrogen-bond acceptors (Lipinski definition) is 5. The van der Waals surface area contributed by atoms with E-state index in [1.807, 2.05) is 6.92 Å². The first kappa shape index (κ1) is 15.2. The van der Waals surface area contributed by atoms with E-state index in [2.05, 4.69) is 10.2 Å². The minimum absolute atomic E-state index is 0.00798. The lowest BCUT2D eigenvalue weighted by Gasteiger charge is -2.23. The number of rotatable bonds is 5. The SMILES string of the molecule is CC(CNC(=O)c1cc(N)ccc1[N+](=O)[O-])N1CCCC1. The van der Waals surface area contributed by atoms with Gasteiger partial charge in [-0.1, -0.05) is 0 Å². The first-order valence-corrected chi connectivity index (χ1v) is 7.05. The number of carbonyl (C=O) groups excluding carboxylic acids is 1. The molecule has 21 heavy (non-hydrogen) atoms. The zero-order chi connectivity index (χ0) is 15.4. The van der Waals surface area contributed by atoms with Gasteiger partial charge in [0.1, 0.15) is 5.56 Å². The highest BCUT2D eigenvalue weighted by Gasteiger charge is 2.22. The number of hydrogen-bond donors (Lipinski definition) is 2. The summed E-state index contributed by atoms with van der Waals surface area (Å²) in [7, 11) is 0. The van der Waals surface area contributed by atoms with Crippen molar-refractivity contribution in [2.24, 2.45) is 0 Å². The van der Waals surface area contributed by atoms with E-state index in [1.54, 1.807) is 0 Å². The first-order chi connectivity index (χ1) is 9.99. The van der Waals surface area contributed by atoms with Gasteiger partial charge in [0.25, 0.3) is 11.6 Å². The van der Waals surface area contributed by atoms with Crippen LogP contribution in [-0.2, 0) is 0 Å². The van der Waals surface area contributed by atoms with E-state index in [9.17, 15) is 14.9 Å². The highest BCUT2D eigenvalue weighted by atomic mass is 16.6. The molecule has 0 saturated carbocycles. The van der Waals surface area contributed by atoms with Gasteiger partial charge in [0.05, 0.1) is 4.92 Å². The summed E-state index contributed by atoms with van der Waals surface area (Å²) in [5.41, 5.74) is 5.72. The highest BCUT2D eigenvalue weighted by Crippen LogP contribution is 2.21. The quantitative estimate of drug-likeness (QED) is 0.485. The Hall–Kier alpha value is -2.15. The number of likely N-dealkylation sites (tertiary alicyclic amines) is 1. The van der Waals surface area contributed by atoms with Crippen molar-refractivity contribution in [1.82, 2.24) is 10.2 Å². The summed E-state index contributed by atoms with van der Waals surface area (Å²) in [6.07, 6.45) is 2.36. The maximum Gasteiger partial charge on any atom is 0.282 e. The van der Waals surface area contributed by atoms with Gasteiger partial charge in [0.15, 0.2) is 0 Å². The Bertz CT molecular complexity index is 541. The Morgan fingerprint density at radius 3 is 2.76 bits per heavy atom. The van der Waals surface area contributed by atoms with E-state index in [0.717, 1.165) is 13.1 Å². The third kappa shape index (κ3) is 3.69. The number of nitrogens with two attached hydrogens (primary N) is 1. The molecule has 1 aliphatic heterocycles. The molecule has 3 N–H and O–H groups in total. The number of amides is 1. The van der Waals surface area contributed by atoms with Crippen LogP contribution in [0.3, 0.4) is 0 Å². The van der Waals surface area contributed by atoms with Crippen molar-refractivity contribution in [3.8, 4) is 0 Å². The zero-order valence-corrected chi connectivity index (χ0v) is 12.0. The van der Waals surface area contributed by atoms with E-state index in [4.69, 9.17) is 5.73 Å². The predicted molar refractivity (Wildman–Crippen MR) is 80.1 cm³/mol. The van der Waals surface area contributed by atoms with Crippen LogP contribution >= 0.6 is 0 Å². The number of nitrogen functional groups attached to an aromatic ring is 1. The summed E-state index contributed by atoms with van der Waals surface area (Å²) < 4.78 is 0. The fourth-order valence-electron chi connectivity index (χ4n) is 2.54. The largest absolute Gasteiger partial charge is 0.399 e. The average molecular weight is 292 g/mol. The summed E-state index contributed by atoms with van der Waals surface area (Å²) >= 11 is 0. The summed E-state index contributed by atoms with van der Waals surface area (Å²) in [5.74, 6) is -0.458. The number of carbonyl (C=O) groups is 1. The van der Waals surface area contributed by atoms with Gasteiger partial charge in [-0.2, -0.15) is 0 Å². The van der Waals surface area contributed by atoms with Gasteiger partial charge in [0, 0.05) is 24.3 Å². The van der Waals surface area contributed by atoms with Crippen LogP contribution in [0.4, 0.5) is 11.4 Å². The summed E-state index contributed by atoms with van der Waals surface area (Å²) in [5, 5.41) is 13.7. The third-order valence-electron chi connectivity index (χ3n) is 3.78. The standard InChI is InChI=1S/C14H20N4O3/c1-10(17-6-2-3-7-17)9-16-14(19)12-8-11(15)4-5-13(12)18(20)21/h4-5,8,10H,2-3,6-7,9,15H2,1H3,(H,16,19). The fourth-order valence-corrected chi connectivity index (χ4v) is 2.54. The molecule has 1 fully saturated rings.